The Kier molecular flexibility index (Phi) is 4.13. The van der Waals surface area contributed by atoms with Gasteiger partial charge in [0.25, 0.3) is 5.91 Å². The van der Waals surface area contributed by atoms with E-state index in [0.717, 1.165) is 30.1 Å². The fourth-order valence-electron chi connectivity index (χ4n) is 4.05. The largest absolute Gasteiger partial charge is 0.486 e. The lowest BCUT2D eigenvalue weighted by Gasteiger charge is -2.25. The average Bonchev–Trinajstić information content (AvgIpc) is 3.33. The van der Waals surface area contributed by atoms with Gasteiger partial charge in [-0.2, -0.15) is 0 Å². The molecule has 0 aliphatic carbocycles. The second kappa shape index (κ2) is 6.80. The van der Waals surface area contributed by atoms with E-state index in [1.165, 1.54) is 0 Å². The number of hydrogen-bond donors (Lipinski definition) is 0. The number of amides is 1. The van der Waals surface area contributed by atoms with E-state index in [1.54, 1.807) is 0 Å². The van der Waals surface area contributed by atoms with Crippen LogP contribution >= 0.6 is 0 Å². The third kappa shape index (κ3) is 2.96. The van der Waals surface area contributed by atoms with Crippen LogP contribution in [0.4, 0.5) is 0 Å². The summed E-state index contributed by atoms with van der Waals surface area (Å²) in [5, 5.41) is 4.19. The second-order valence-corrected chi connectivity index (χ2v) is 7.37. The molecule has 1 fully saturated rings. The monoisotopic (exact) mass is 375 g/mol. The Morgan fingerprint density at radius 1 is 1.07 bits per heavy atom. The molecule has 2 atom stereocenters. The number of aromatic nitrogens is 1. The van der Waals surface area contributed by atoms with Gasteiger partial charge in [-0.1, -0.05) is 47.6 Å². The molecule has 6 heteroatoms. The number of nitrogens with zero attached hydrogens (tertiary/aromatic N) is 3. The predicted octanol–water partition coefficient (Wildman–Crippen LogP) is 3.06. The summed E-state index contributed by atoms with van der Waals surface area (Å²) in [6, 6.07) is 19.4. The van der Waals surface area contributed by atoms with Crippen molar-refractivity contribution in [2.45, 2.75) is 18.7 Å². The van der Waals surface area contributed by atoms with Crippen molar-refractivity contribution < 1.29 is 14.1 Å². The lowest BCUT2D eigenvalue weighted by Crippen LogP contribution is -2.44. The molecule has 3 heterocycles. The maximum Gasteiger partial charge on any atom is 0.257 e. The number of carbonyl (C=O) groups is 1. The normalized spacial score (nSPS) is 21.8. The molecule has 0 spiro atoms. The molecule has 1 amide bonds. The van der Waals surface area contributed by atoms with Crippen molar-refractivity contribution in [3.63, 3.8) is 0 Å². The van der Waals surface area contributed by atoms with Gasteiger partial charge in [-0.15, -0.1) is 0 Å². The highest BCUT2D eigenvalue weighted by Crippen LogP contribution is 2.31. The molecule has 2 aromatic carbocycles. The van der Waals surface area contributed by atoms with Crippen LogP contribution in [0.25, 0.3) is 11.3 Å². The zero-order valence-corrected chi connectivity index (χ0v) is 15.6. The van der Waals surface area contributed by atoms with E-state index in [1.807, 2.05) is 72.6 Å². The molecule has 1 aromatic heterocycles. The first-order chi connectivity index (χ1) is 13.7. The fourth-order valence-corrected chi connectivity index (χ4v) is 4.05. The van der Waals surface area contributed by atoms with Gasteiger partial charge in [0.05, 0.1) is 18.2 Å². The van der Waals surface area contributed by atoms with Crippen molar-refractivity contribution in [2.75, 3.05) is 20.1 Å². The summed E-state index contributed by atoms with van der Waals surface area (Å²) in [4.78, 5) is 16.9. The number of ether oxygens (including phenoxy) is 1. The van der Waals surface area contributed by atoms with Gasteiger partial charge < -0.3 is 14.2 Å². The zero-order chi connectivity index (χ0) is 19.1. The number of likely N-dealkylation sites (tertiary alicyclic amines) is 1. The third-order valence-corrected chi connectivity index (χ3v) is 5.53. The highest BCUT2D eigenvalue weighted by molar-refractivity contribution is 5.97. The molecule has 5 rings (SSSR count). The van der Waals surface area contributed by atoms with Gasteiger partial charge in [-0.3, -0.25) is 9.69 Å². The Morgan fingerprint density at radius 3 is 2.71 bits per heavy atom. The SMILES string of the molecule is CN1C(=O)c2ccccc2O[C@H]2CN(Cc3cc(-c4ccccc4)no3)C[C@H]21. The topological polar surface area (TPSA) is 58.8 Å². The third-order valence-electron chi connectivity index (χ3n) is 5.53. The molecular formula is C22H21N3O3. The molecule has 0 radical (unpaired) electrons. The van der Waals surface area contributed by atoms with Crippen LogP contribution in [0.15, 0.2) is 65.2 Å². The Bertz CT molecular complexity index is 1000. The summed E-state index contributed by atoms with van der Waals surface area (Å²) >= 11 is 0. The number of hydrogen-bond acceptors (Lipinski definition) is 5. The molecule has 1 saturated heterocycles. The maximum absolute atomic E-state index is 12.8. The number of para-hydroxylation sites is 1. The van der Waals surface area contributed by atoms with Gasteiger partial charge in [0.1, 0.15) is 17.5 Å². The Labute approximate surface area is 163 Å². The summed E-state index contributed by atoms with van der Waals surface area (Å²) in [5.41, 5.74) is 2.50. The van der Waals surface area contributed by atoms with Crippen LogP contribution in [0.5, 0.6) is 5.75 Å². The predicted molar refractivity (Wildman–Crippen MR) is 104 cm³/mol. The number of fused-ring (bicyclic) bond motifs is 2. The molecule has 2 aliphatic heterocycles. The van der Waals surface area contributed by atoms with Crippen molar-refractivity contribution in [1.82, 2.24) is 15.0 Å². The molecule has 0 unspecified atom stereocenters. The van der Waals surface area contributed by atoms with E-state index in [4.69, 9.17) is 9.26 Å². The van der Waals surface area contributed by atoms with Gasteiger partial charge >= 0.3 is 0 Å². The van der Waals surface area contributed by atoms with E-state index in [2.05, 4.69) is 10.1 Å². The van der Waals surface area contributed by atoms with Crippen LogP contribution in [0.2, 0.25) is 0 Å². The van der Waals surface area contributed by atoms with E-state index in [-0.39, 0.29) is 18.1 Å². The molecule has 2 aliphatic rings. The van der Waals surface area contributed by atoms with Gasteiger partial charge in [0.2, 0.25) is 0 Å². The minimum atomic E-state index is -0.0610. The second-order valence-electron chi connectivity index (χ2n) is 7.37. The number of carbonyl (C=O) groups excluding carboxylic acids is 1. The highest BCUT2D eigenvalue weighted by atomic mass is 16.5. The lowest BCUT2D eigenvalue weighted by molar-refractivity contribution is 0.0682. The molecule has 0 saturated carbocycles. The molecule has 0 bridgehead atoms. The van der Waals surface area contributed by atoms with E-state index in [0.29, 0.717) is 17.9 Å². The molecule has 3 aromatic rings. The molecule has 0 N–H and O–H groups in total. The summed E-state index contributed by atoms with van der Waals surface area (Å²) in [6.07, 6.45) is -0.0610. The van der Waals surface area contributed by atoms with Crippen molar-refractivity contribution in [1.29, 1.82) is 0 Å². The van der Waals surface area contributed by atoms with Crippen LogP contribution in [0.1, 0.15) is 16.1 Å². The van der Waals surface area contributed by atoms with Crippen molar-refractivity contribution in [2.24, 2.45) is 0 Å². The van der Waals surface area contributed by atoms with Crippen LogP contribution in [-0.2, 0) is 6.54 Å². The van der Waals surface area contributed by atoms with Gasteiger partial charge in [-0.25, -0.2) is 0 Å². The molecule has 142 valence electrons. The summed E-state index contributed by atoms with van der Waals surface area (Å²) in [6.45, 7) is 2.11. The van der Waals surface area contributed by atoms with E-state index >= 15 is 0 Å². The van der Waals surface area contributed by atoms with Crippen LogP contribution in [-0.4, -0.2) is 53.1 Å². The van der Waals surface area contributed by atoms with Crippen molar-refractivity contribution >= 4 is 5.91 Å². The van der Waals surface area contributed by atoms with Crippen LogP contribution < -0.4 is 4.74 Å². The molecule has 28 heavy (non-hydrogen) atoms. The van der Waals surface area contributed by atoms with Gasteiger partial charge in [0, 0.05) is 31.8 Å². The number of benzene rings is 2. The summed E-state index contributed by atoms with van der Waals surface area (Å²) in [7, 11) is 1.86. The average molecular weight is 375 g/mol. The van der Waals surface area contributed by atoms with E-state index < -0.39 is 0 Å². The first kappa shape index (κ1) is 17.0. The lowest BCUT2D eigenvalue weighted by atomic mass is 10.1. The van der Waals surface area contributed by atoms with E-state index in [9.17, 15) is 4.79 Å². The Morgan fingerprint density at radius 2 is 1.86 bits per heavy atom. The maximum atomic E-state index is 12.8. The minimum Gasteiger partial charge on any atom is -0.486 e. The van der Waals surface area contributed by atoms with Crippen molar-refractivity contribution in [3.8, 4) is 17.0 Å². The minimum absolute atomic E-state index is 0.0102. The van der Waals surface area contributed by atoms with Crippen molar-refractivity contribution in [3.05, 3.63) is 72.0 Å². The first-order valence-corrected chi connectivity index (χ1v) is 9.45. The summed E-state index contributed by atoms with van der Waals surface area (Å²) < 4.78 is 11.8. The quantitative estimate of drug-likeness (QED) is 0.704. The smallest absolute Gasteiger partial charge is 0.257 e. The fraction of sp³-hybridized carbons (Fsp3) is 0.273. The van der Waals surface area contributed by atoms with Gasteiger partial charge in [-0.05, 0) is 12.1 Å². The molecule has 6 nitrogen and oxygen atoms in total. The van der Waals surface area contributed by atoms with Crippen LogP contribution in [0.3, 0.4) is 0 Å². The zero-order valence-electron chi connectivity index (χ0n) is 15.6. The first-order valence-electron chi connectivity index (χ1n) is 9.45. The highest BCUT2D eigenvalue weighted by Gasteiger charge is 2.42. The number of rotatable bonds is 3. The summed E-state index contributed by atoms with van der Waals surface area (Å²) in [5.74, 6) is 1.49. The standard InChI is InChI=1S/C22H21N3O3/c1-24-19-13-25(12-16-11-18(23-28-16)15-7-3-2-4-8-15)14-21(19)27-20-10-6-5-9-17(20)22(24)26/h2-11,19,21H,12-14H2,1H3/t19-,21+/m1/s1. The molecular weight excluding hydrogens is 354 g/mol. The Balaban J connectivity index is 1.33. The van der Waals surface area contributed by atoms with Gasteiger partial charge in [0.15, 0.2) is 5.76 Å². The van der Waals surface area contributed by atoms with Crippen LogP contribution in [0, 0.1) is 0 Å². The number of likely N-dealkylation sites (N-methyl/N-ethyl adjacent to an activating group) is 1. The Hall–Kier alpha value is -3.12.